The van der Waals surface area contributed by atoms with Crippen LogP contribution >= 0.6 is 0 Å². The Labute approximate surface area is 179 Å². The first-order chi connectivity index (χ1) is 13.7. The second-order valence-corrected chi connectivity index (χ2v) is 10.8. The van der Waals surface area contributed by atoms with Gasteiger partial charge in [0.1, 0.15) is 18.0 Å². The molecule has 1 heterocycles. The fraction of sp³-hybridized carbons (Fsp3) is 0.792. The monoisotopic (exact) mass is 420 g/mol. The molecule has 1 aliphatic heterocycles. The average molecular weight is 421 g/mol. The van der Waals surface area contributed by atoms with E-state index >= 15 is 0 Å². The lowest BCUT2D eigenvalue weighted by molar-refractivity contribution is -0.286. The van der Waals surface area contributed by atoms with E-state index in [1.54, 1.807) is 6.08 Å². The van der Waals surface area contributed by atoms with Crippen molar-refractivity contribution in [2.24, 2.45) is 22.7 Å². The van der Waals surface area contributed by atoms with Crippen molar-refractivity contribution in [1.29, 1.82) is 0 Å². The first-order valence-electron chi connectivity index (χ1n) is 10.9. The van der Waals surface area contributed by atoms with Gasteiger partial charge in [0.2, 0.25) is 0 Å². The summed E-state index contributed by atoms with van der Waals surface area (Å²) in [5.74, 6) is -1.25. The van der Waals surface area contributed by atoms with Gasteiger partial charge in [-0.05, 0) is 32.1 Å². The third-order valence-corrected chi connectivity index (χ3v) is 7.84. The van der Waals surface area contributed by atoms with Gasteiger partial charge in [0, 0.05) is 38.0 Å². The zero-order valence-electron chi connectivity index (χ0n) is 19.4. The van der Waals surface area contributed by atoms with Crippen molar-refractivity contribution in [2.75, 3.05) is 0 Å². The van der Waals surface area contributed by atoms with E-state index in [1.165, 1.54) is 13.8 Å². The number of fused-ring (bicyclic) bond motifs is 3. The first kappa shape index (κ1) is 23.0. The Morgan fingerprint density at radius 3 is 2.23 bits per heavy atom. The van der Waals surface area contributed by atoms with Crippen LogP contribution < -0.4 is 0 Å². The predicted octanol–water partition coefficient (Wildman–Crippen LogP) is 4.01. The van der Waals surface area contributed by atoms with Crippen LogP contribution in [0.3, 0.4) is 0 Å². The lowest BCUT2D eigenvalue weighted by atomic mass is 9.42. The van der Waals surface area contributed by atoms with E-state index in [2.05, 4.69) is 20.4 Å². The molecule has 3 fully saturated rings. The molecular formula is C24H36O6. The van der Waals surface area contributed by atoms with Crippen molar-refractivity contribution in [3.05, 3.63) is 12.7 Å². The van der Waals surface area contributed by atoms with E-state index in [1.807, 2.05) is 20.8 Å². The van der Waals surface area contributed by atoms with Crippen LogP contribution in [0.5, 0.6) is 0 Å². The van der Waals surface area contributed by atoms with Gasteiger partial charge in [0.05, 0.1) is 17.1 Å². The molecule has 168 valence electrons. The van der Waals surface area contributed by atoms with Crippen molar-refractivity contribution < 1.29 is 28.6 Å². The number of rotatable bonds is 3. The Bertz CT molecular complexity index is 772. The summed E-state index contributed by atoms with van der Waals surface area (Å²) in [6, 6.07) is 0. The Hall–Kier alpha value is -1.69. The van der Waals surface area contributed by atoms with Crippen LogP contribution in [0.25, 0.3) is 0 Å². The molecule has 6 nitrogen and oxygen atoms in total. The Kier molecular flexibility index (Phi) is 5.50. The van der Waals surface area contributed by atoms with Crippen molar-refractivity contribution in [2.45, 2.75) is 97.6 Å². The highest BCUT2D eigenvalue weighted by molar-refractivity contribution is 5.86. The molecule has 0 spiro atoms. The second kappa shape index (κ2) is 7.18. The molecule has 7 atom stereocenters. The molecule has 0 unspecified atom stereocenters. The number of hydrogen-bond donors (Lipinski definition) is 0. The number of ketones is 1. The van der Waals surface area contributed by atoms with Crippen LogP contribution in [0.2, 0.25) is 0 Å². The van der Waals surface area contributed by atoms with Gasteiger partial charge in [-0.2, -0.15) is 0 Å². The van der Waals surface area contributed by atoms with Gasteiger partial charge in [0.25, 0.3) is 0 Å². The van der Waals surface area contributed by atoms with Crippen LogP contribution in [-0.2, 0) is 28.6 Å². The Morgan fingerprint density at radius 1 is 1.10 bits per heavy atom. The molecule has 2 aliphatic carbocycles. The zero-order chi connectivity index (χ0) is 22.7. The Morgan fingerprint density at radius 2 is 1.70 bits per heavy atom. The molecular weight excluding hydrogens is 384 g/mol. The fourth-order valence-electron chi connectivity index (χ4n) is 7.20. The van der Waals surface area contributed by atoms with Gasteiger partial charge in [-0.25, -0.2) is 0 Å². The standard InChI is InChI=1S/C24H36O6/c1-9-22(6)12-16(27)19-23(7,30-22)13-17(28-14(2)25)20-21(4,5)11-10-18(24(19,20)8)29-15(3)26/h9,17-20H,1,10-13H2,2-8H3/t17-,18+,19+,20+,22+,23-,24-/m1/s1. The summed E-state index contributed by atoms with van der Waals surface area (Å²) in [6.45, 7) is 16.8. The minimum atomic E-state index is -0.866. The highest BCUT2D eigenvalue weighted by Crippen LogP contribution is 2.66. The van der Waals surface area contributed by atoms with E-state index < -0.39 is 34.7 Å². The van der Waals surface area contributed by atoms with Gasteiger partial charge in [-0.15, -0.1) is 6.58 Å². The maximum absolute atomic E-state index is 13.7. The zero-order valence-corrected chi connectivity index (χ0v) is 19.4. The normalized spacial score (nSPS) is 45.0. The van der Waals surface area contributed by atoms with Crippen molar-refractivity contribution in [3.8, 4) is 0 Å². The van der Waals surface area contributed by atoms with Gasteiger partial charge in [-0.1, -0.05) is 26.8 Å². The lowest BCUT2D eigenvalue weighted by Crippen LogP contribution is -2.73. The largest absolute Gasteiger partial charge is 0.462 e. The molecule has 0 amide bonds. The van der Waals surface area contributed by atoms with E-state index in [0.29, 0.717) is 12.8 Å². The second-order valence-electron chi connectivity index (χ2n) is 10.8. The third kappa shape index (κ3) is 3.51. The minimum absolute atomic E-state index is 0.0924. The molecule has 0 aromatic carbocycles. The van der Waals surface area contributed by atoms with Crippen LogP contribution in [0.4, 0.5) is 0 Å². The van der Waals surface area contributed by atoms with Crippen molar-refractivity contribution in [3.63, 3.8) is 0 Å². The van der Waals surface area contributed by atoms with Crippen LogP contribution in [0.15, 0.2) is 12.7 Å². The number of carbonyl (C=O) groups is 3. The maximum Gasteiger partial charge on any atom is 0.302 e. The van der Waals surface area contributed by atoms with Gasteiger partial charge in [-0.3, -0.25) is 14.4 Å². The molecule has 3 aliphatic rings. The molecule has 1 saturated heterocycles. The molecule has 0 radical (unpaired) electrons. The van der Waals surface area contributed by atoms with E-state index in [0.717, 1.165) is 6.42 Å². The number of Topliss-reactive ketones (excluding diaryl/α,β-unsaturated/α-hetero) is 1. The van der Waals surface area contributed by atoms with E-state index in [4.69, 9.17) is 14.2 Å². The summed E-state index contributed by atoms with van der Waals surface area (Å²) in [5.41, 5.74) is -2.57. The number of ether oxygens (including phenoxy) is 3. The number of esters is 2. The van der Waals surface area contributed by atoms with Gasteiger partial charge < -0.3 is 14.2 Å². The molecule has 2 saturated carbocycles. The summed E-state index contributed by atoms with van der Waals surface area (Å²) < 4.78 is 18.3. The molecule has 0 aromatic rings. The maximum atomic E-state index is 13.7. The fourth-order valence-corrected chi connectivity index (χ4v) is 7.20. The smallest absolute Gasteiger partial charge is 0.302 e. The quantitative estimate of drug-likeness (QED) is 0.507. The Balaban J connectivity index is 2.20. The first-order valence-corrected chi connectivity index (χ1v) is 10.9. The molecule has 0 aromatic heterocycles. The topological polar surface area (TPSA) is 78.9 Å². The van der Waals surface area contributed by atoms with E-state index in [-0.39, 0.29) is 35.5 Å². The summed E-state index contributed by atoms with van der Waals surface area (Å²) in [5, 5.41) is 0. The van der Waals surface area contributed by atoms with Crippen molar-refractivity contribution >= 4 is 17.7 Å². The predicted molar refractivity (Wildman–Crippen MR) is 112 cm³/mol. The summed E-state index contributed by atoms with van der Waals surface area (Å²) >= 11 is 0. The SMILES string of the molecule is C=C[C@@]1(C)CC(=O)[C@@H]2[C@@]3(C)[C@@H](OC(C)=O)CCC(C)(C)[C@@H]3[C@H](OC(C)=O)C[C@@]2(C)O1. The van der Waals surface area contributed by atoms with Crippen LogP contribution in [-0.4, -0.2) is 41.1 Å². The minimum Gasteiger partial charge on any atom is -0.462 e. The van der Waals surface area contributed by atoms with Gasteiger partial charge in [0.15, 0.2) is 0 Å². The highest BCUT2D eigenvalue weighted by Gasteiger charge is 2.71. The van der Waals surface area contributed by atoms with E-state index in [9.17, 15) is 14.4 Å². The third-order valence-electron chi connectivity index (χ3n) is 7.84. The number of carbonyl (C=O) groups excluding carboxylic acids is 3. The van der Waals surface area contributed by atoms with Crippen LogP contribution in [0.1, 0.15) is 74.1 Å². The van der Waals surface area contributed by atoms with Crippen molar-refractivity contribution in [1.82, 2.24) is 0 Å². The average Bonchev–Trinajstić information content (AvgIpc) is 2.54. The van der Waals surface area contributed by atoms with Crippen LogP contribution in [0, 0.1) is 22.7 Å². The highest BCUT2D eigenvalue weighted by atomic mass is 16.6. The molecule has 0 N–H and O–H groups in total. The molecule has 0 bridgehead atoms. The summed E-state index contributed by atoms with van der Waals surface area (Å²) in [6.07, 6.45) is 2.90. The summed E-state index contributed by atoms with van der Waals surface area (Å²) in [4.78, 5) is 37.7. The summed E-state index contributed by atoms with van der Waals surface area (Å²) in [7, 11) is 0. The molecule has 3 rings (SSSR count). The molecule has 30 heavy (non-hydrogen) atoms. The molecule has 6 heteroatoms. The van der Waals surface area contributed by atoms with Gasteiger partial charge >= 0.3 is 11.9 Å². The lowest BCUT2D eigenvalue weighted by Gasteiger charge is -2.67. The number of hydrogen-bond acceptors (Lipinski definition) is 6.